The maximum atomic E-state index is 5.89. The van der Waals surface area contributed by atoms with Crippen molar-refractivity contribution in [2.75, 3.05) is 0 Å². The van der Waals surface area contributed by atoms with E-state index in [0.717, 1.165) is 0 Å². The number of hydrogen-bond acceptors (Lipinski definition) is 4. The van der Waals surface area contributed by atoms with Crippen LogP contribution in [-0.4, -0.2) is 27.9 Å². The summed E-state index contributed by atoms with van der Waals surface area (Å²) in [6, 6.07) is 1.84. The molecule has 1 unspecified atom stereocenters. The zero-order valence-corrected chi connectivity index (χ0v) is 6.54. The monoisotopic (exact) mass is 162 g/mol. The SMILES string of the molecule is N[BH-](N1C=CC=[N+]1)n1cccn1. The molecule has 0 fully saturated rings. The first-order valence-corrected chi connectivity index (χ1v) is 3.81. The Kier molecular flexibility index (Phi) is 1.67. The summed E-state index contributed by atoms with van der Waals surface area (Å²) in [5, 5.41) is 8.08. The molecular formula is C6H9BN5. The quantitative estimate of drug-likeness (QED) is 0.541. The predicted octanol–water partition coefficient (Wildman–Crippen LogP) is -1.44. The molecule has 5 nitrogen and oxygen atoms in total. The van der Waals surface area contributed by atoms with Gasteiger partial charge in [-0.3, -0.25) is 0 Å². The van der Waals surface area contributed by atoms with E-state index in [1.165, 1.54) is 0 Å². The third kappa shape index (κ3) is 1.12. The van der Waals surface area contributed by atoms with Gasteiger partial charge in [0.15, 0.2) is 0 Å². The molecule has 1 aromatic rings. The van der Waals surface area contributed by atoms with Gasteiger partial charge in [-0.05, 0) is 12.3 Å². The van der Waals surface area contributed by atoms with Crippen LogP contribution in [0.5, 0.6) is 0 Å². The average Bonchev–Trinajstić information content (AvgIpc) is 2.77. The summed E-state index contributed by atoms with van der Waals surface area (Å²) in [7, 11) is -1.17. The highest BCUT2D eigenvalue weighted by Gasteiger charge is 2.16. The third-order valence-electron chi connectivity index (χ3n) is 1.78. The Morgan fingerprint density at radius 1 is 1.50 bits per heavy atom. The average molecular weight is 162 g/mol. The van der Waals surface area contributed by atoms with E-state index >= 15 is 0 Å². The van der Waals surface area contributed by atoms with Crippen molar-refractivity contribution in [1.82, 2.24) is 19.7 Å². The highest BCUT2D eigenvalue weighted by atomic mass is 15.5. The lowest BCUT2D eigenvalue weighted by atomic mass is 9.97. The van der Waals surface area contributed by atoms with Gasteiger partial charge in [-0.2, -0.15) is 0 Å². The molecule has 0 saturated heterocycles. The van der Waals surface area contributed by atoms with Gasteiger partial charge in [0.05, 0.1) is 0 Å². The lowest BCUT2D eigenvalue weighted by molar-refractivity contribution is 0.542. The van der Waals surface area contributed by atoms with Crippen LogP contribution in [0.3, 0.4) is 0 Å². The Morgan fingerprint density at radius 3 is 3.00 bits per heavy atom. The zero-order chi connectivity index (χ0) is 8.39. The second-order valence-corrected chi connectivity index (χ2v) is 2.60. The molecule has 0 aromatic carbocycles. The summed E-state index contributed by atoms with van der Waals surface area (Å²) in [6.07, 6.45) is 8.92. The van der Waals surface area contributed by atoms with E-state index < -0.39 is 7.12 Å². The third-order valence-corrected chi connectivity index (χ3v) is 1.78. The molecule has 0 amide bonds. The van der Waals surface area contributed by atoms with E-state index in [0.29, 0.717) is 0 Å². The van der Waals surface area contributed by atoms with Crippen molar-refractivity contribution in [2.45, 2.75) is 0 Å². The van der Waals surface area contributed by atoms with Gasteiger partial charge in [0.2, 0.25) is 0 Å². The fourth-order valence-corrected chi connectivity index (χ4v) is 1.13. The van der Waals surface area contributed by atoms with E-state index in [1.807, 2.05) is 24.5 Å². The van der Waals surface area contributed by atoms with Gasteiger partial charge in [0.25, 0.3) is 6.21 Å². The van der Waals surface area contributed by atoms with Crippen LogP contribution in [-0.2, 0) is 0 Å². The molecule has 1 aliphatic rings. The molecule has 61 valence electrons. The Balaban J connectivity index is 2.15. The van der Waals surface area contributed by atoms with E-state index in [4.69, 9.17) is 5.64 Å². The molecule has 1 radical (unpaired) electrons. The second-order valence-electron chi connectivity index (χ2n) is 2.60. The van der Waals surface area contributed by atoms with E-state index in [2.05, 4.69) is 10.2 Å². The molecule has 0 aliphatic carbocycles. The number of hydrogen-bond donors (Lipinski definition) is 1. The van der Waals surface area contributed by atoms with Crippen molar-refractivity contribution in [3.05, 3.63) is 30.7 Å². The Morgan fingerprint density at radius 2 is 2.42 bits per heavy atom. The van der Waals surface area contributed by atoms with Crippen LogP contribution in [0.4, 0.5) is 0 Å². The van der Waals surface area contributed by atoms with Crippen molar-refractivity contribution in [3.8, 4) is 0 Å². The molecule has 1 aliphatic heterocycles. The molecule has 0 bridgehead atoms. The molecule has 1 atom stereocenters. The van der Waals surface area contributed by atoms with E-state index in [1.54, 1.807) is 21.9 Å². The minimum atomic E-state index is -1.17. The maximum absolute atomic E-state index is 5.89. The molecule has 0 spiro atoms. The topological polar surface area (TPSA) is 61.2 Å². The summed E-state index contributed by atoms with van der Waals surface area (Å²) in [4.78, 5) is 1.72. The number of nitrogens with zero attached hydrogens (tertiary/aromatic N) is 4. The van der Waals surface area contributed by atoms with Gasteiger partial charge in [0.1, 0.15) is 5.10 Å². The van der Waals surface area contributed by atoms with Crippen LogP contribution in [0.15, 0.2) is 30.7 Å². The lowest BCUT2D eigenvalue weighted by Crippen LogP contribution is -2.50. The smallest absolute Gasteiger partial charge is 0.326 e. The first-order valence-electron chi connectivity index (χ1n) is 3.81. The molecule has 2 N–H and O–H groups in total. The Labute approximate surface area is 70.3 Å². The normalized spacial score (nSPS) is 17.2. The van der Waals surface area contributed by atoms with Gasteiger partial charge in [-0.15, -0.1) is 0 Å². The van der Waals surface area contributed by atoms with Crippen LogP contribution < -0.4 is 10.7 Å². The van der Waals surface area contributed by atoms with Crippen LogP contribution in [0, 0.1) is 0 Å². The number of nitrogens with two attached hydrogens (primary N) is 1. The fraction of sp³-hybridized carbons (Fsp3) is 0. The molecule has 1 aromatic heterocycles. The van der Waals surface area contributed by atoms with E-state index in [-0.39, 0.29) is 0 Å². The minimum Gasteiger partial charge on any atom is -0.463 e. The minimum absolute atomic E-state index is 1.17. The van der Waals surface area contributed by atoms with Crippen molar-refractivity contribution in [1.29, 1.82) is 0 Å². The number of rotatable bonds is 2. The van der Waals surface area contributed by atoms with Gasteiger partial charge >= 0.3 is 7.12 Å². The standard InChI is InChI=1S/C6H9BN5/c8-7(11-5-1-3-9-11)12-6-2-4-10-12/h1-7H,8H2. The summed E-state index contributed by atoms with van der Waals surface area (Å²) in [5.41, 5.74) is 5.89. The molecule has 2 rings (SSSR count). The van der Waals surface area contributed by atoms with Crippen LogP contribution in [0.25, 0.3) is 0 Å². The zero-order valence-electron chi connectivity index (χ0n) is 6.54. The fourth-order valence-electron chi connectivity index (χ4n) is 1.13. The summed E-state index contributed by atoms with van der Waals surface area (Å²) >= 11 is 0. The number of allylic oxidation sites excluding steroid dienone is 1. The Hall–Kier alpha value is -1.56. The van der Waals surface area contributed by atoms with Gasteiger partial charge in [-0.1, -0.05) is 0 Å². The molecule has 12 heavy (non-hydrogen) atoms. The first kappa shape index (κ1) is 7.11. The maximum Gasteiger partial charge on any atom is 0.326 e. The van der Waals surface area contributed by atoms with Crippen LogP contribution in [0.2, 0.25) is 0 Å². The molecule has 6 heteroatoms. The van der Waals surface area contributed by atoms with Crippen molar-refractivity contribution in [2.24, 2.45) is 5.64 Å². The highest BCUT2D eigenvalue weighted by molar-refractivity contribution is 6.50. The lowest BCUT2D eigenvalue weighted by Gasteiger charge is -2.19. The highest BCUT2D eigenvalue weighted by Crippen LogP contribution is 1.92. The van der Waals surface area contributed by atoms with Crippen molar-refractivity contribution < 1.29 is 0 Å². The second kappa shape index (κ2) is 2.82. The van der Waals surface area contributed by atoms with Gasteiger partial charge in [-0.25, -0.2) is 10.0 Å². The largest absolute Gasteiger partial charge is 0.463 e. The summed E-state index contributed by atoms with van der Waals surface area (Å²) in [5.74, 6) is 0. The van der Waals surface area contributed by atoms with Gasteiger partial charge < -0.3 is 10.2 Å². The molecular weight excluding hydrogens is 153 g/mol. The number of hydrazone groups is 1. The van der Waals surface area contributed by atoms with Gasteiger partial charge in [0, 0.05) is 18.5 Å². The summed E-state index contributed by atoms with van der Waals surface area (Å²) in [6.45, 7) is 0. The van der Waals surface area contributed by atoms with Crippen LogP contribution >= 0.6 is 0 Å². The van der Waals surface area contributed by atoms with Crippen LogP contribution in [0.1, 0.15) is 0 Å². The van der Waals surface area contributed by atoms with Crippen molar-refractivity contribution in [3.63, 3.8) is 0 Å². The molecule has 0 saturated carbocycles. The molecule has 2 heterocycles. The Bertz CT molecular complexity index is 292. The van der Waals surface area contributed by atoms with E-state index in [9.17, 15) is 0 Å². The van der Waals surface area contributed by atoms with Crippen molar-refractivity contribution >= 4 is 13.3 Å². The predicted molar refractivity (Wildman–Crippen MR) is 48.1 cm³/mol. The first-order chi connectivity index (χ1) is 5.88. The summed E-state index contributed by atoms with van der Waals surface area (Å²) < 4.78 is 1.72. The number of aromatic nitrogens is 2.